The number of carboxylic acids is 1. The number of aliphatic carboxylic acids is 1. The molecule has 0 bridgehead atoms. The molecule has 0 saturated carbocycles. The van der Waals surface area contributed by atoms with Crippen molar-refractivity contribution >= 4 is 11.5 Å². The molecular formula is C21H21N2O2-. The maximum Gasteiger partial charge on any atom is 0.0991 e. The molecule has 0 aliphatic carbocycles. The number of nitrogens with two attached hydrogens (primary N) is 1. The van der Waals surface area contributed by atoms with Gasteiger partial charge in [0, 0.05) is 6.04 Å². The van der Waals surface area contributed by atoms with Crippen LogP contribution in [0.25, 0.3) is 5.57 Å². The summed E-state index contributed by atoms with van der Waals surface area (Å²) in [5, 5.41) is 19.8. The van der Waals surface area contributed by atoms with Crippen LogP contribution in [0.1, 0.15) is 48.4 Å². The van der Waals surface area contributed by atoms with E-state index in [1.54, 1.807) is 12.1 Å². The van der Waals surface area contributed by atoms with Gasteiger partial charge in [-0.1, -0.05) is 56.3 Å². The summed E-state index contributed by atoms with van der Waals surface area (Å²) in [5.41, 5.74) is 10.1. The summed E-state index contributed by atoms with van der Waals surface area (Å²) < 4.78 is 0. The highest BCUT2D eigenvalue weighted by Crippen LogP contribution is 2.26. The summed E-state index contributed by atoms with van der Waals surface area (Å²) >= 11 is 0. The van der Waals surface area contributed by atoms with Gasteiger partial charge in [-0.25, -0.2) is 0 Å². The van der Waals surface area contributed by atoms with E-state index < -0.39 is 12.0 Å². The van der Waals surface area contributed by atoms with Crippen molar-refractivity contribution in [3.05, 3.63) is 76.9 Å². The monoisotopic (exact) mass is 333 g/mol. The molecule has 0 aliphatic rings. The Hall–Kier alpha value is -2.90. The van der Waals surface area contributed by atoms with Crippen molar-refractivity contribution in [3.8, 4) is 6.07 Å². The van der Waals surface area contributed by atoms with E-state index in [-0.39, 0.29) is 6.42 Å². The fraction of sp³-hybridized carbons (Fsp3) is 0.238. The van der Waals surface area contributed by atoms with Crippen LogP contribution in [0.3, 0.4) is 0 Å². The molecule has 0 radical (unpaired) electrons. The third-order valence-electron chi connectivity index (χ3n) is 4.09. The van der Waals surface area contributed by atoms with Gasteiger partial charge in [0.15, 0.2) is 0 Å². The molecule has 128 valence electrons. The maximum absolute atomic E-state index is 10.9. The van der Waals surface area contributed by atoms with Gasteiger partial charge in [0.2, 0.25) is 0 Å². The summed E-state index contributed by atoms with van der Waals surface area (Å²) in [7, 11) is 0. The lowest BCUT2D eigenvalue weighted by Crippen LogP contribution is -2.41. The van der Waals surface area contributed by atoms with E-state index in [0.29, 0.717) is 11.5 Å². The molecule has 0 aliphatic heterocycles. The van der Waals surface area contributed by atoms with Crippen LogP contribution in [0.15, 0.2) is 54.6 Å². The number of rotatable bonds is 6. The zero-order chi connectivity index (χ0) is 18.4. The van der Waals surface area contributed by atoms with Gasteiger partial charge in [0.1, 0.15) is 0 Å². The Kier molecular flexibility index (Phi) is 6.10. The minimum absolute atomic E-state index is 0.170. The summed E-state index contributed by atoms with van der Waals surface area (Å²) in [6.07, 6.45) is 1.98. The zero-order valence-electron chi connectivity index (χ0n) is 14.4. The lowest BCUT2D eigenvalue weighted by Gasteiger charge is -2.14. The third-order valence-corrected chi connectivity index (χ3v) is 4.09. The van der Waals surface area contributed by atoms with E-state index in [4.69, 9.17) is 11.0 Å². The highest BCUT2D eigenvalue weighted by Gasteiger charge is 2.09. The number of nitrogens with zero attached hydrogens (tertiary/aromatic N) is 1. The molecule has 25 heavy (non-hydrogen) atoms. The molecule has 4 heteroatoms. The summed E-state index contributed by atoms with van der Waals surface area (Å²) in [4.78, 5) is 10.9. The van der Waals surface area contributed by atoms with Gasteiger partial charge in [0.05, 0.1) is 17.6 Å². The average Bonchev–Trinajstić information content (AvgIpc) is 2.62. The zero-order valence-corrected chi connectivity index (χ0v) is 14.4. The first-order chi connectivity index (χ1) is 11.9. The van der Waals surface area contributed by atoms with Gasteiger partial charge in [0.25, 0.3) is 0 Å². The van der Waals surface area contributed by atoms with Gasteiger partial charge in [-0.2, -0.15) is 5.26 Å². The third kappa shape index (κ3) is 4.79. The highest BCUT2D eigenvalue weighted by molar-refractivity contribution is 5.81. The lowest BCUT2D eigenvalue weighted by molar-refractivity contribution is -0.307. The van der Waals surface area contributed by atoms with Gasteiger partial charge < -0.3 is 15.6 Å². The van der Waals surface area contributed by atoms with Crippen molar-refractivity contribution in [3.63, 3.8) is 0 Å². The van der Waals surface area contributed by atoms with Gasteiger partial charge in [-0.15, -0.1) is 0 Å². The SMILES string of the molecule is CC(C)c1ccc(/C(=C\CC(N)C(=O)[O-])c2ccc(C#N)cc2)cc1. The molecule has 0 aromatic heterocycles. The van der Waals surface area contributed by atoms with E-state index in [1.807, 2.05) is 30.3 Å². The molecule has 1 unspecified atom stereocenters. The Morgan fingerprint density at radius 3 is 2.08 bits per heavy atom. The number of nitriles is 1. The van der Waals surface area contributed by atoms with Crippen LogP contribution in [-0.2, 0) is 4.79 Å². The van der Waals surface area contributed by atoms with E-state index in [1.165, 1.54) is 5.56 Å². The fourth-order valence-electron chi connectivity index (χ4n) is 2.52. The van der Waals surface area contributed by atoms with Gasteiger partial charge >= 0.3 is 0 Å². The Morgan fingerprint density at radius 1 is 1.12 bits per heavy atom. The first-order valence-corrected chi connectivity index (χ1v) is 8.20. The molecule has 0 amide bonds. The van der Waals surface area contributed by atoms with Crippen LogP contribution in [0.4, 0.5) is 0 Å². The number of carbonyl (C=O) groups excluding carboxylic acids is 1. The molecule has 1 atom stereocenters. The second kappa shape index (κ2) is 8.27. The molecule has 0 fully saturated rings. The molecular weight excluding hydrogens is 312 g/mol. The quantitative estimate of drug-likeness (QED) is 0.879. The minimum atomic E-state index is -1.27. The highest BCUT2D eigenvalue weighted by atomic mass is 16.4. The number of carbonyl (C=O) groups is 1. The smallest absolute Gasteiger partial charge is 0.0991 e. The average molecular weight is 333 g/mol. The van der Waals surface area contributed by atoms with Crippen LogP contribution in [0.2, 0.25) is 0 Å². The normalized spacial score (nSPS) is 12.7. The van der Waals surface area contributed by atoms with Crippen LogP contribution < -0.4 is 10.8 Å². The Morgan fingerprint density at radius 2 is 1.64 bits per heavy atom. The minimum Gasteiger partial charge on any atom is -0.548 e. The Labute approximate surface area is 148 Å². The van der Waals surface area contributed by atoms with E-state index in [2.05, 4.69) is 32.0 Å². The standard InChI is InChI=1S/C21H22N2O2/c1-14(2)16-7-9-18(10-8-16)19(11-12-20(23)21(24)25)17-5-3-15(13-22)4-6-17/h3-11,14,20H,12,23H2,1-2H3,(H,24,25)/p-1/b19-11-. The van der Waals surface area contributed by atoms with Gasteiger partial charge in [-0.3, -0.25) is 0 Å². The summed E-state index contributed by atoms with van der Waals surface area (Å²) in [5.74, 6) is -0.839. The molecule has 2 aromatic rings. The van der Waals surface area contributed by atoms with Crippen molar-refractivity contribution in [1.29, 1.82) is 5.26 Å². The van der Waals surface area contributed by atoms with Crippen molar-refractivity contribution < 1.29 is 9.90 Å². The maximum atomic E-state index is 10.9. The summed E-state index contributed by atoms with van der Waals surface area (Å²) in [6, 6.07) is 16.4. The first kappa shape index (κ1) is 18.4. The van der Waals surface area contributed by atoms with Crippen LogP contribution in [-0.4, -0.2) is 12.0 Å². The second-order valence-corrected chi connectivity index (χ2v) is 6.24. The predicted molar refractivity (Wildman–Crippen MR) is 96.4 cm³/mol. The largest absolute Gasteiger partial charge is 0.548 e. The Balaban J connectivity index is 2.42. The molecule has 2 rings (SSSR count). The topological polar surface area (TPSA) is 89.9 Å². The van der Waals surface area contributed by atoms with Crippen LogP contribution in [0.5, 0.6) is 0 Å². The number of hydrogen-bond donors (Lipinski definition) is 1. The Bertz CT molecular complexity index is 797. The fourth-order valence-corrected chi connectivity index (χ4v) is 2.52. The summed E-state index contributed by atoms with van der Waals surface area (Å²) in [6.45, 7) is 4.26. The number of carboxylic acid groups (broad SMARTS) is 1. The second-order valence-electron chi connectivity index (χ2n) is 6.24. The van der Waals surface area contributed by atoms with Crippen molar-refractivity contribution in [1.82, 2.24) is 0 Å². The van der Waals surface area contributed by atoms with Crippen molar-refractivity contribution in [2.24, 2.45) is 5.73 Å². The van der Waals surface area contributed by atoms with E-state index in [9.17, 15) is 9.90 Å². The van der Waals surface area contributed by atoms with Crippen LogP contribution in [0, 0.1) is 11.3 Å². The molecule has 0 saturated heterocycles. The van der Waals surface area contributed by atoms with E-state index in [0.717, 1.165) is 16.7 Å². The number of benzene rings is 2. The first-order valence-electron chi connectivity index (χ1n) is 8.20. The predicted octanol–water partition coefficient (Wildman–Crippen LogP) is 2.58. The lowest BCUT2D eigenvalue weighted by atomic mass is 9.93. The molecule has 2 N–H and O–H groups in total. The van der Waals surface area contributed by atoms with Crippen molar-refractivity contribution in [2.75, 3.05) is 0 Å². The van der Waals surface area contributed by atoms with Crippen LogP contribution >= 0.6 is 0 Å². The molecule has 0 heterocycles. The van der Waals surface area contributed by atoms with Gasteiger partial charge in [-0.05, 0) is 46.7 Å². The number of hydrogen-bond acceptors (Lipinski definition) is 4. The molecule has 2 aromatic carbocycles. The molecule has 4 nitrogen and oxygen atoms in total. The van der Waals surface area contributed by atoms with E-state index >= 15 is 0 Å². The van der Waals surface area contributed by atoms with Crippen molar-refractivity contribution in [2.45, 2.75) is 32.2 Å². The molecule has 0 spiro atoms.